The standard InChI is InChI=1S/C24H31N3O5S/c1-15-10-21(31-2)23(32-3)22(11-15)33(29,30)18-6-4-16(5-7-18)13-26-24(28)20-12-17-14-25-9-8-19(17)27-20/h4-7,10-11,17,19-20,25,27H,8-9,12-14H2,1-3H3,(H,26,28). The SMILES string of the molecule is COc1cc(C)cc(S(=O)(=O)c2ccc(CNC(=O)C3CC4CNCCC4N3)cc2)c1OC. The number of sulfone groups is 1. The minimum atomic E-state index is -3.82. The number of aryl methyl sites for hydroxylation is 1. The molecule has 2 aliphatic heterocycles. The first-order valence-electron chi connectivity index (χ1n) is 11.1. The minimum absolute atomic E-state index is 0.0160. The Bertz CT molecular complexity index is 1100. The summed E-state index contributed by atoms with van der Waals surface area (Å²) < 4.78 is 37.2. The van der Waals surface area contributed by atoms with Crippen LogP contribution in [0.1, 0.15) is 24.0 Å². The van der Waals surface area contributed by atoms with Crippen molar-refractivity contribution in [1.82, 2.24) is 16.0 Å². The lowest BCUT2D eigenvalue weighted by atomic mass is 9.94. The number of hydrogen-bond acceptors (Lipinski definition) is 7. The van der Waals surface area contributed by atoms with E-state index >= 15 is 0 Å². The van der Waals surface area contributed by atoms with Crippen molar-refractivity contribution in [3.63, 3.8) is 0 Å². The first-order chi connectivity index (χ1) is 15.8. The lowest BCUT2D eigenvalue weighted by molar-refractivity contribution is -0.123. The molecule has 4 rings (SSSR count). The largest absolute Gasteiger partial charge is 0.493 e. The summed E-state index contributed by atoms with van der Waals surface area (Å²) in [7, 11) is -0.924. The second-order valence-electron chi connectivity index (χ2n) is 8.68. The van der Waals surface area contributed by atoms with Crippen LogP contribution in [-0.2, 0) is 21.2 Å². The van der Waals surface area contributed by atoms with Crippen molar-refractivity contribution >= 4 is 15.7 Å². The van der Waals surface area contributed by atoms with Crippen molar-refractivity contribution < 1.29 is 22.7 Å². The predicted molar refractivity (Wildman–Crippen MR) is 124 cm³/mol. The second-order valence-corrected chi connectivity index (χ2v) is 10.6. The summed E-state index contributed by atoms with van der Waals surface area (Å²) in [6.45, 7) is 4.08. The predicted octanol–water partition coefficient (Wildman–Crippen LogP) is 1.80. The zero-order valence-corrected chi connectivity index (χ0v) is 20.0. The summed E-state index contributed by atoms with van der Waals surface area (Å²) in [5.74, 6) is 1.03. The topological polar surface area (TPSA) is 106 Å². The van der Waals surface area contributed by atoms with E-state index in [-0.39, 0.29) is 27.5 Å². The van der Waals surface area contributed by atoms with Gasteiger partial charge in [-0.15, -0.1) is 0 Å². The van der Waals surface area contributed by atoms with Gasteiger partial charge < -0.3 is 25.4 Å². The van der Waals surface area contributed by atoms with E-state index in [4.69, 9.17) is 9.47 Å². The number of carbonyl (C=O) groups is 1. The zero-order valence-electron chi connectivity index (χ0n) is 19.2. The highest BCUT2D eigenvalue weighted by molar-refractivity contribution is 7.91. The van der Waals surface area contributed by atoms with Gasteiger partial charge in [0, 0.05) is 12.6 Å². The summed E-state index contributed by atoms with van der Waals surface area (Å²) in [6, 6.07) is 10.1. The van der Waals surface area contributed by atoms with Crippen LogP contribution < -0.4 is 25.4 Å². The van der Waals surface area contributed by atoms with E-state index in [1.807, 2.05) is 0 Å². The summed E-state index contributed by atoms with van der Waals surface area (Å²) in [4.78, 5) is 12.8. The maximum Gasteiger partial charge on any atom is 0.237 e. The van der Waals surface area contributed by atoms with Crippen LogP contribution in [0.15, 0.2) is 46.2 Å². The summed E-state index contributed by atoms with van der Waals surface area (Å²) in [5.41, 5.74) is 1.58. The van der Waals surface area contributed by atoms with E-state index < -0.39 is 9.84 Å². The quantitative estimate of drug-likeness (QED) is 0.563. The molecule has 178 valence electrons. The van der Waals surface area contributed by atoms with Crippen LogP contribution in [0, 0.1) is 12.8 Å². The van der Waals surface area contributed by atoms with Gasteiger partial charge in [0.2, 0.25) is 15.7 Å². The lowest BCUT2D eigenvalue weighted by Gasteiger charge is -2.25. The molecule has 0 aromatic heterocycles. The molecule has 2 aromatic rings. The van der Waals surface area contributed by atoms with E-state index in [0.29, 0.717) is 24.3 Å². The Morgan fingerprint density at radius 1 is 1.15 bits per heavy atom. The summed E-state index contributed by atoms with van der Waals surface area (Å²) in [6.07, 6.45) is 1.88. The summed E-state index contributed by atoms with van der Waals surface area (Å²) in [5, 5.41) is 9.80. The third-order valence-electron chi connectivity index (χ3n) is 6.46. The van der Waals surface area contributed by atoms with Crippen molar-refractivity contribution in [3.05, 3.63) is 47.5 Å². The highest BCUT2D eigenvalue weighted by atomic mass is 32.2. The number of fused-ring (bicyclic) bond motifs is 1. The fraction of sp³-hybridized carbons (Fsp3) is 0.458. The number of methoxy groups -OCH3 is 2. The van der Waals surface area contributed by atoms with Crippen LogP contribution in [0.2, 0.25) is 0 Å². The van der Waals surface area contributed by atoms with E-state index in [0.717, 1.165) is 37.1 Å². The molecule has 8 nitrogen and oxygen atoms in total. The maximum absolute atomic E-state index is 13.3. The molecule has 0 radical (unpaired) electrons. The molecule has 0 aliphatic carbocycles. The van der Waals surface area contributed by atoms with E-state index in [2.05, 4.69) is 16.0 Å². The Hall–Kier alpha value is -2.62. The van der Waals surface area contributed by atoms with Gasteiger partial charge in [-0.2, -0.15) is 0 Å². The van der Waals surface area contributed by atoms with Gasteiger partial charge in [-0.05, 0) is 74.2 Å². The van der Waals surface area contributed by atoms with Gasteiger partial charge in [-0.3, -0.25) is 4.79 Å². The van der Waals surface area contributed by atoms with Crippen LogP contribution in [-0.4, -0.2) is 53.7 Å². The van der Waals surface area contributed by atoms with Gasteiger partial charge in [-0.1, -0.05) is 12.1 Å². The number of piperidine rings is 1. The van der Waals surface area contributed by atoms with Crippen molar-refractivity contribution in [2.75, 3.05) is 27.3 Å². The van der Waals surface area contributed by atoms with Crippen LogP contribution in [0.4, 0.5) is 0 Å². The normalized spacial score (nSPS) is 22.5. The molecule has 9 heteroatoms. The average Bonchev–Trinajstić information content (AvgIpc) is 3.26. The smallest absolute Gasteiger partial charge is 0.237 e. The molecule has 0 saturated carbocycles. The Morgan fingerprint density at radius 2 is 1.91 bits per heavy atom. The number of nitrogens with one attached hydrogen (secondary N) is 3. The molecule has 2 heterocycles. The number of carbonyl (C=O) groups excluding carboxylic acids is 1. The van der Waals surface area contributed by atoms with Gasteiger partial charge in [0.25, 0.3) is 0 Å². The number of rotatable bonds is 7. The van der Waals surface area contributed by atoms with Crippen LogP contribution in [0.3, 0.4) is 0 Å². The molecule has 2 fully saturated rings. The third-order valence-corrected chi connectivity index (χ3v) is 8.23. The first-order valence-corrected chi connectivity index (χ1v) is 12.6. The number of ether oxygens (including phenoxy) is 2. The Morgan fingerprint density at radius 3 is 2.58 bits per heavy atom. The zero-order chi connectivity index (χ0) is 23.6. The lowest BCUT2D eigenvalue weighted by Crippen LogP contribution is -2.45. The molecule has 1 amide bonds. The maximum atomic E-state index is 13.3. The van der Waals surface area contributed by atoms with E-state index in [1.165, 1.54) is 14.2 Å². The average molecular weight is 474 g/mol. The minimum Gasteiger partial charge on any atom is -0.493 e. The molecular weight excluding hydrogens is 442 g/mol. The van der Waals surface area contributed by atoms with Crippen LogP contribution >= 0.6 is 0 Å². The molecule has 2 aliphatic rings. The van der Waals surface area contributed by atoms with Gasteiger partial charge in [0.15, 0.2) is 11.5 Å². The Kier molecular flexibility index (Phi) is 6.92. The van der Waals surface area contributed by atoms with Gasteiger partial charge in [0.05, 0.1) is 25.2 Å². The Balaban J connectivity index is 1.44. The van der Waals surface area contributed by atoms with E-state index in [9.17, 15) is 13.2 Å². The third kappa shape index (κ3) is 4.85. The van der Waals surface area contributed by atoms with Crippen LogP contribution in [0.25, 0.3) is 0 Å². The molecule has 0 spiro atoms. The molecule has 3 atom stereocenters. The fourth-order valence-corrected chi connectivity index (χ4v) is 6.21. The van der Waals surface area contributed by atoms with Gasteiger partial charge >= 0.3 is 0 Å². The Labute approximate surface area is 195 Å². The molecule has 33 heavy (non-hydrogen) atoms. The fourth-order valence-electron chi connectivity index (χ4n) is 4.69. The highest BCUT2D eigenvalue weighted by Gasteiger charge is 2.38. The molecular formula is C24H31N3O5S. The van der Waals surface area contributed by atoms with Crippen molar-refractivity contribution in [1.29, 1.82) is 0 Å². The molecule has 3 N–H and O–H groups in total. The summed E-state index contributed by atoms with van der Waals surface area (Å²) >= 11 is 0. The number of benzene rings is 2. The number of amides is 1. The molecule has 2 aromatic carbocycles. The van der Waals surface area contributed by atoms with Gasteiger partial charge in [0.1, 0.15) is 4.90 Å². The second kappa shape index (κ2) is 9.70. The van der Waals surface area contributed by atoms with Gasteiger partial charge in [-0.25, -0.2) is 8.42 Å². The van der Waals surface area contributed by atoms with E-state index in [1.54, 1.807) is 43.3 Å². The molecule has 0 bridgehead atoms. The highest BCUT2D eigenvalue weighted by Crippen LogP contribution is 2.38. The van der Waals surface area contributed by atoms with Crippen molar-refractivity contribution in [2.45, 2.75) is 48.2 Å². The molecule has 3 unspecified atom stereocenters. The van der Waals surface area contributed by atoms with Crippen molar-refractivity contribution in [2.24, 2.45) is 5.92 Å². The molecule has 2 saturated heterocycles. The van der Waals surface area contributed by atoms with Crippen molar-refractivity contribution in [3.8, 4) is 11.5 Å². The van der Waals surface area contributed by atoms with Crippen LogP contribution in [0.5, 0.6) is 11.5 Å². The number of hydrogen-bond donors (Lipinski definition) is 3. The first kappa shape index (κ1) is 23.5. The monoisotopic (exact) mass is 473 g/mol.